The lowest BCUT2D eigenvalue weighted by Gasteiger charge is -2.03. The zero-order chi connectivity index (χ0) is 13.8. The van der Waals surface area contributed by atoms with Crippen molar-refractivity contribution in [1.29, 1.82) is 0 Å². The normalized spacial score (nSPS) is 10.7. The second kappa shape index (κ2) is 6.23. The van der Waals surface area contributed by atoms with E-state index in [9.17, 15) is 9.18 Å². The van der Waals surface area contributed by atoms with Crippen LogP contribution in [-0.4, -0.2) is 17.3 Å². The fraction of sp³-hybridized carbons (Fsp3) is 0.231. The third-order valence-corrected chi connectivity index (χ3v) is 3.86. The number of thiazole rings is 1. The van der Waals surface area contributed by atoms with Gasteiger partial charge in [-0.15, -0.1) is 11.3 Å². The number of nitrogens with zero attached hydrogens (tertiary/aromatic N) is 1. The fourth-order valence-electron chi connectivity index (χ4n) is 1.63. The van der Waals surface area contributed by atoms with Crippen LogP contribution in [0, 0.1) is 5.82 Å². The highest BCUT2D eigenvalue weighted by Gasteiger charge is 2.16. The van der Waals surface area contributed by atoms with Crippen LogP contribution in [0.2, 0.25) is 5.02 Å². The van der Waals surface area contributed by atoms with Crippen molar-refractivity contribution >= 4 is 28.7 Å². The van der Waals surface area contributed by atoms with E-state index >= 15 is 0 Å². The lowest BCUT2D eigenvalue weighted by atomic mass is 10.1. The minimum atomic E-state index is -0.474. The maximum absolute atomic E-state index is 13.6. The van der Waals surface area contributed by atoms with Gasteiger partial charge in [-0.2, -0.15) is 0 Å². The molecule has 0 aliphatic heterocycles. The molecule has 0 radical (unpaired) electrons. The molecule has 2 rings (SSSR count). The van der Waals surface area contributed by atoms with Gasteiger partial charge in [-0.3, -0.25) is 4.79 Å². The molecule has 0 saturated heterocycles. The smallest absolute Gasteiger partial charge is 0.186 e. The van der Waals surface area contributed by atoms with Gasteiger partial charge in [0.2, 0.25) is 0 Å². The van der Waals surface area contributed by atoms with E-state index in [1.54, 1.807) is 11.4 Å². The highest BCUT2D eigenvalue weighted by atomic mass is 35.5. The Morgan fingerprint density at radius 2 is 2.26 bits per heavy atom. The summed E-state index contributed by atoms with van der Waals surface area (Å²) in [4.78, 5) is 16.2. The number of aromatic nitrogens is 1. The van der Waals surface area contributed by atoms with Crippen molar-refractivity contribution in [2.75, 3.05) is 6.54 Å². The van der Waals surface area contributed by atoms with E-state index in [-0.39, 0.29) is 22.8 Å². The quantitative estimate of drug-likeness (QED) is 0.864. The molecule has 0 amide bonds. The van der Waals surface area contributed by atoms with Crippen LogP contribution in [0.4, 0.5) is 4.39 Å². The van der Waals surface area contributed by atoms with Crippen LogP contribution < -0.4 is 5.73 Å². The van der Waals surface area contributed by atoms with E-state index in [1.165, 1.54) is 23.5 Å². The van der Waals surface area contributed by atoms with Crippen LogP contribution in [0.1, 0.15) is 21.1 Å². The molecule has 2 N–H and O–H groups in total. The molecule has 0 bridgehead atoms. The first-order valence-electron chi connectivity index (χ1n) is 5.72. The van der Waals surface area contributed by atoms with Crippen molar-refractivity contribution in [2.24, 2.45) is 5.73 Å². The number of rotatable bonds is 5. The molecular formula is C13H12ClFN2OS. The summed E-state index contributed by atoms with van der Waals surface area (Å²) in [6.07, 6.45) is 0.551. The number of carbonyl (C=O) groups excluding carboxylic acids is 1. The third-order valence-electron chi connectivity index (χ3n) is 2.59. The largest absolute Gasteiger partial charge is 0.330 e. The van der Waals surface area contributed by atoms with E-state index in [1.807, 2.05) is 0 Å². The number of hydrogen-bond donors (Lipinski definition) is 1. The molecular weight excluding hydrogens is 287 g/mol. The zero-order valence-electron chi connectivity index (χ0n) is 10.0. The Balaban J connectivity index is 2.16. The van der Waals surface area contributed by atoms with Crippen molar-refractivity contribution in [3.05, 3.63) is 50.7 Å². The van der Waals surface area contributed by atoms with Gasteiger partial charge in [0, 0.05) is 28.8 Å². The van der Waals surface area contributed by atoms with Crippen LogP contribution in [0.5, 0.6) is 0 Å². The van der Waals surface area contributed by atoms with Gasteiger partial charge in [-0.05, 0) is 18.7 Å². The molecule has 1 heterocycles. The molecule has 1 aromatic carbocycles. The van der Waals surface area contributed by atoms with Gasteiger partial charge in [0.05, 0.1) is 5.01 Å². The van der Waals surface area contributed by atoms with Gasteiger partial charge in [-0.1, -0.05) is 17.7 Å². The second-order valence-corrected chi connectivity index (χ2v) is 5.32. The summed E-state index contributed by atoms with van der Waals surface area (Å²) in [5, 5.41) is 2.73. The molecule has 0 saturated carbocycles. The lowest BCUT2D eigenvalue weighted by molar-refractivity contribution is 0.0987. The van der Waals surface area contributed by atoms with Gasteiger partial charge >= 0.3 is 0 Å². The number of benzene rings is 1. The standard InChI is InChI=1S/C13H12ClFN2OS/c14-9-2-1-3-10(15)8(9)6-12(18)11-7-19-13(17-11)4-5-16/h1-3,7H,4-6,16H2. The lowest BCUT2D eigenvalue weighted by Crippen LogP contribution is -2.07. The summed E-state index contributed by atoms with van der Waals surface area (Å²) in [5.74, 6) is -0.718. The number of hydrogen-bond acceptors (Lipinski definition) is 4. The average Bonchev–Trinajstić information content (AvgIpc) is 2.83. The van der Waals surface area contributed by atoms with Crippen molar-refractivity contribution < 1.29 is 9.18 Å². The molecule has 0 fully saturated rings. The molecule has 0 atom stereocenters. The molecule has 0 unspecified atom stereocenters. The second-order valence-electron chi connectivity index (χ2n) is 3.97. The maximum Gasteiger partial charge on any atom is 0.186 e. The predicted octanol–water partition coefficient (Wildman–Crippen LogP) is 2.86. The number of carbonyl (C=O) groups is 1. The highest BCUT2D eigenvalue weighted by Crippen LogP contribution is 2.21. The molecule has 1 aromatic heterocycles. The zero-order valence-corrected chi connectivity index (χ0v) is 11.6. The van der Waals surface area contributed by atoms with E-state index in [0.29, 0.717) is 18.7 Å². The molecule has 100 valence electrons. The van der Waals surface area contributed by atoms with Gasteiger partial charge in [0.15, 0.2) is 5.78 Å². The van der Waals surface area contributed by atoms with E-state index in [0.717, 1.165) is 5.01 Å². The molecule has 0 spiro atoms. The fourth-order valence-corrected chi connectivity index (χ4v) is 2.68. The van der Waals surface area contributed by atoms with Crippen LogP contribution in [0.15, 0.2) is 23.6 Å². The molecule has 3 nitrogen and oxygen atoms in total. The predicted molar refractivity (Wildman–Crippen MR) is 74.3 cm³/mol. The highest BCUT2D eigenvalue weighted by molar-refractivity contribution is 7.09. The monoisotopic (exact) mass is 298 g/mol. The molecule has 19 heavy (non-hydrogen) atoms. The summed E-state index contributed by atoms with van der Waals surface area (Å²) in [6.45, 7) is 0.486. The molecule has 0 aliphatic carbocycles. The molecule has 0 aliphatic rings. The number of ketones is 1. The summed E-state index contributed by atoms with van der Waals surface area (Å²) in [7, 11) is 0. The SMILES string of the molecule is NCCc1nc(C(=O)Cc2c(F)cccc2Cl)cs1. The minimum absolute atomic E-state index is 0.0860. The molecule has 6 heteroatoms. The molecule has 2 aromatic rings. The minimum Gasteiger partial charge on any atom is -0.330 e. The first-order valence-corrected chi connectivity index (χ1v) is 6.98. The summed E-state index contributed by atoms with van der Waals surface area (Å²) < 4.78 is 13.6. The topological polar surface area (TPSA) is 56.0 Å². The first-order chi connectivity index (χ1) is 9.11. The van der Waals surface area contributed by atoms with Crippen LogP contribution in [0.25, 0.3) is 0 Å². The Hall–Kier alpha value is -1.30. The Labute approximate surface area is 119 Å². The number of nitrogens with two attached hydrogens (primary N) is 1. The van der Waals surface area contributed by atoms with Gasteiger partial charge in [0.25, 0.3) is 0 Å². The Morgan fingerprint density at radius 1 is 1.47 bits per heavy atom. The number of Topliss-reactive ketones (excluding diaryl/α,β-unsaturated/α-hetero) is 1. The van der Waals surface area contributed by atoms with Crippen LogP contribution in [-0.2, 0) is 12.8 Å². The number of halogens is 2. The van der Waals surface area contributed by atoms with Crippen molar-refractivity contribution in [1.82, 2.24) is 4.98 Å². The maximum atomic E-state index is 13.6. The Morgan fingerprint density at radius 3 is 2.95 bits per heavy atom. The first kappa shape index (κ1) is 14.1. The summed E-state index contributed by atoms with van der Waals surface area (Å²) in [6, 6.07) is 4.36. The van der Waals surface area contributed by atoms with Crippen LogP contribution >= 0.6 is 22.9 Å². The van der Waals surface area contributed by atoms with E-state index in [2.05, 4.69) is 4.98 Å². The van der Waals surface area contributed by atoms with Gasteiger partial charge in [-0.25, -0.2) is 9.37 Å². The Kier molecular flexibility index (Phi) is 4.63. The average molecular weight is 299 g/mol. The van der Waals surface area contributed by atoms with Crippen molar-refractivity contribution in [2.45, 2.75) is 12.8 Å². The summed E-state index contributed by atoms with van der Waals surface area (Å²) >= 11 is 7.27. The summed E-state index contributed by atoms with van der Waals surface area (Å²) in [5.41, 5.74) is 5.98. The van der Waals surface area contributed by atoms with E-state index in [4.69, 9.17) is 17.3 Å². The Bertz CT molecular complexity index is 580. The van der Waals surface area contributed by atoms with Crippen LogP contribution in [0.3, 0.4) is 0 Å². The van der Waals surface area contributed by atoms with Crippen molar-refractivity contribution in [3.63, 3.8) is 0 Å². The van der Waals surface area contributed by atoms with E-state index < -0.39 is 5.82 Å². The van der Waals surface area contributed by atoms with Gasteiger partial charge in [0.1, 0.15) is 11.5 Å². The van der Waals surface area contributed by atoms with Crippen molar-refractivity contribution in [3.8, 4) is 0 Å². The third kappa shape index (κ3) is 3.37. The van der Waals surface area contributed by atoms with Gasteiger partial charge < -0.3 is 5.73 Å².